The van der Waals surface area contributed by atoms with Crippen LogP contribution in [-0.4, -0.2) is 27.0 Å². The van der Waals surface area contributed by atoms with Crippen molar-refractivity contribution in [3.05, 3.63) is 76.9 Å². The number of ether oxygens (including phenoxy) is 1. The quantitative estimate of drug-likeness (QED) is 0.362. The molecule has 0 radical (unpaired) electrons. The van der Waals surface area contributed by atoms with Crippen LogP contribution in [0.15, 0.2) is 60.0 Å². The Hall–Kier alpha value is -3.62. The molecule has 0 spiro atoms. The van der Waals surface area contributed by atoms with Gasteiger partial charge in [-0.3, -0.25) is 4.79 Å². The largest absolute Gasteiger partial charge is 0.481 e. The third kappa shape index (κ3) is 4.05. The first kappa shape index (κ1) is 19.7. The van der Waals surface area contributed by atoms with Gasteiger partial charge in [-0.1, -0.05) is 36.4 Å². The van der Waals surface area contributed by atoms with Crippen LogP contribution in [0.1, 0.15) is 21.7 Å². The summed E-state index contributed by atoms with van der Waals surface area (Å²) in [7, 11) is 0. The van der Waals surface area contributed by atoms with Crippen LogP contribution >= 0.6 is 11.3 Å². The second kappa shape index (κ2) is 8.40. The molecule has 4 aromatic rings. The molecule has 0 unspecified atom stereocenters. The van der Waals surface area contributed by atoms with Gasteiger partial charge in [0.15, 0.2) is 0 Å². The zero-order chi connectivity index (χ0) is 21.1. The van der Waals surface area contributed by atoms with Gasteiger partial charge in [-0.25, -0.2) is 14.8 Å². The lowest BCUT2D eigenvalue weighted by Crippen LogP contribution is -2.15. The summed E-state index contributed by atoms with van der Waals surface area (Å²) in [6.45, 7) is 0.390. The average molecular weight is 419 g/mol. The minimum absolute atomic E-state index is 0.0942. The summed E-state index contributed by atoms with van der Waals surface area (Å²) in [5, 5.41) is 11.8. The van der Waals surface area contributed by atoms with Gasteiger partial charge in [0.25, 0.3) is 0 Å². The minimum atomic E-state index is -1.02. The molecular weight excluding hydrogens is 402 g/mol. The van der Waals surface area contributed by atoms with Crippen molar-refractivity contribution in [1.82, 2.24) is 9.97 Å². The van der Waals surface area contributed by atoms with Crippen molar-refractivity contribution in [1.29, 1.82) is 0 Å². The van der Waals surface area contributed by atoms with Crippen LogP contribution in [0.3, 0.4) is 0 Å². The van der Waals surface area contributed by atoms with Crippen LogP contribution in [0, 0.1) is 0 Å². The summed E-state index contributed by atoms with van der Waals surface area (Å²) < 4.78 is 5.45. The van der Waals surface area contributed by atoms with Gasteiger partial charge in [0, 0.05) is 23.1 Å². The van der Waals surface area contributed by atoms with E-state index in [-0.39, 0.29) is 18.0 Å². The highest BCUT2D eigenvalue weighted by Crippen LogP contribution is 2.30. The highest BCUT2D eigenvalue weighted by molar-refractivity contribution is 7.16. The standard InChI is InChI=1S/C22H17N3O4S/c23-12-13-4-3-6-15(10-13)19-16-8-9-30-21(16)25-20(24-19)22(28)29-17-7-2-1-5-14(17)11-18(26)27/h1-10H,11-12,23H2,(H,26,27). The summed E-state index contributed by atoms with van der Waals surface area (Å²) in [6.07, 6.45) is -0.259. The van der Waals surface area contributed by atoms with Crippen molar-refractivity contribution < 1.29 is 19.4 Å². The number of hydrogen-bond acceptors (Lipinski definition) is 7. The SMILES string of the molecule is NCc1cccc(-c2nc(C(=O)Oc3ccccc3CC(=O)O)nc3sccc23)c1. The Kier molecular flexibility index (Phi) is 5.51. The number of esters is 1. The molecule has 150 valence electrons. The molecule has 7 nitrogen and oxygen atoms in total. The molecule has 0 saturated carbocycles. The number of carbonyl (C=O) groups is 2. The van der Waals surface area contributed by atoms with Crippen LogP contribution in [0.4, 0.5) is 0 Å². The zero-order valence-corrected chi connectivity index (χ0v) is 16.6. The number of para-hydroxylation sites is 1. The number of thiophene rings is 1. The van der Waals surface area contributed by atoms with Gasteiger partial charge in [-0.05, 0) is 29.1 Å². The number of aliphatic carboxylic acids is 1. The Labute approximate surface area is 175 Å². The maximum Gasteiger partial charge on any atom is 0.381 e. The van der Waals surface area contributed by atoms with Gasteiger partial charge < -0.3 is 15.6 Å². The van der Waals surface area contributed by atoms with Crippen molar-refractivity contribution >= 4 is 33.5 Å². The van der Waals surface area contributed by atoms with Crippen LogP contribution in [-0.2, 0) is 17.8 Å². The fourth-order valence-corrected chi connectivity index (χ4v) is 3.83. The predicted molar refractivity (Wildman–Crippen MR) is 113 cm³/mol. The number of hydrogen-bond donors (Lipinski definition) is 2. The molecule has 3 N–H and O–H groups in total. The van der Waals surface area contributed by atoms with Gasteiger partial charge in [-0.2, -0.15) is 0 Å². The third-order valence-electron chi connectivity index (χ3n) is 4.46. The first-order chi connectivity index (χ1) is 14.5. The molecule has 0 aliphatic rings. The highest BCUT2D eigenvalue weighted by Gasteiger charge is 2.19. The molecular formula is C22H17N3O4S. The lowest BCUT2D eigenvalue weighted by atomic mass is 10.1. The second-order valence-electron chi connectivity index (χ2n) is 6.51. The Bertz CT molecular complexity index is 1250. The van der Waals surface area contributed by atoms with Gasteiger partial charge >= 0.3 is 11.9 Å². The normalized spacial score (nSPS) is 10.8. The summed E-state index contributed by atoms with van der Waals surface area (Å²) in [4.78, 5) is 33.4. The molecule has 2 aromatic heterocycles. The number of fused-ring (bicyclic) bond motifs is 1. The first-order valence-electron chi connectivity index (χ1n) is 9.11. The molecule has 0 aliphatic heterocycles. The maximum absolute atomic E-state index is 12.8. The Balaban J connectivity index is 1.73. The van der Waals surface area contributed by atoms with E-state index in [1.165, 1.54) is 11.3 Å². The topological polar surface area (TPSA) is 115 Å². The summed E-state index contributed by atoms with van der Waals surface area (Å²) in [6, 6.07) is 16.0. The smallest absolute Gasteiger partial charge is 0.381 e. The van der Waals surface area contributed by atoms with E-state index in [0.717, 1.165) is 16.5 Å². The van der Waals surface area contributed by atoms with Gasteiger partial charge in [-0.15, -0.1) is 11.3 Å². The number of carbonyl (C=O) groups excluding carboxylic acids is 1. The Morgan fingerprint density at radius 1 is 1.07 bits per heavy atom. The summed E-state index contributed by atoms with van der Waals surface area (Å²) >= 11 is 1.39. The monoisotopic (exact) mass is 419 g/mol. The van der Waals surface area contributed by atoms with Crippen LogP contribution in [0.25, 0.3) is 21.5 Å². The van der Waals surface area contributed by atoms with E-state index in [0.29, 0.717) is 22.6 Å². The molecule has 0 saturated heterocycles. The fraction of sp³-hybridized carbons (Fsp3) is 0.0909. The van der Waals surface area contributed by atoms with Gasteiger partial charge in [0.05, 0.1) is 12.1 Å². The van der Waals surface area contributed by atoms with Crippen LogP contribution in [0.5, 0.6) is 5.75 Å². The third-order valence-corrected chi connectivity index (χ3v) is 5.27. The number of nitrogens with two attached hydrogens (primary N) is 1. The number of nitrogens with zero attached hydrogens (tertiary/aromatic N) is 2. The summed E-state index contributed by atoms with van der Waals surface area (Å²) in [5.41, 5.74) is 8.53. The second-order valence-corrected chi connectivity index (χ2v) is 7.40. The van der Waals surface area contributed by atoms with E-state index in [1.54, 1.807) is 24.3 Å². The Morgan fingerprint density at radius 3 is 2.70 bits per heavy atom. The summed E-state index contributed by atoms with van der Waals surface area (Å²) in [5.74, 6) is -1.69. The molecule has 4 rings (SSSR count). The number of carboxylic acids is 1. The molecule has 2 heterocycles. The van der Waals surface area contributed by atoms with Crippen LogP contribution < -0.4 is 10.5 Å². The minimum Gasteiger partial charge on any atom is -0.481 e. The molecule has 2 aromatic carbocycles. The number of carboxylic acid groups (broad SMARTS) is 1. The molecule has 8 heteroatoms. The van der Waals surface area contributed by atoms with Crippen molar-refractivity contribution in [2.24, 2.45) is 5.73 Å². The predicted octanol–water partition coefficient (Wildman–Crippen LogP) is 3.66. The molecule has 0 atom stereocenters. The van der Waals surface area contributed by atoms with E-state index < -0.39 is 11.9 Å². The lowest BCUT2D eigenvalue weighted by molar-refractivity contribution is -0.136. The average Bonchev–Trinajstić information content (AvgIpc) is 3.23. The Morgan fingerprint density at radius 2 is 1.90 bits per heavy atom. The van der Waals surface area contributed by atoms with Crippen molar-refractivity contribution in [3.8, 4) is 17.0 Å². The molecule has 0 amide bonds. The first-order valence-corrected chi connectivity index (χ1v) is 9.99. The van der Waals surface area contributed by atoms with Crippen molar-refractivity contribution in [3.63, 3.8) is 0 Å². The molecule has 0 aliphatic carbocycles. The van der Waals surface area contributed by atoms with Gasteiger partial charge in [0.2, 0.25) is 5.82 Å². The highest BCUT2D eigenvalue weighted by atomic mass is 32.1. The zero-order valence-electron chi connectivity index (χ0n) is 15.7. The number of rotatable bonds is 6. The maximum atomic E-state index is 12.8. The van der Waals surface area contributed by atoms with E-state index in [9.17, 15) is 9.59 Å². The molecule has 0 bridgehead atoms. The van der Waals surface area contributed by atoms with Crippen molar-refractivity contribution in [2.75, 3.05) is 0 Å². The lowest BCUT2D eigenvalue weighted by Gasteiger charge is -2.10. The molecule has 0 fully saturated rings. The van der Waals surface area contributed by atoms with E-state index in [4.69, 9.17) is 15.6 Å². The fourth-order valence-electron chi connectivity index (χ4n) is 3.07. The number of aromatic nitrogens is 2. The number of benzene rings is 2. The van der Waals surface area contributed by atoms with E-state index >= 15 is 0 Å². The van der Waals surface area contributed by atoms with Crippen LogP contribution in [0.2, 0.25) is 0 Å². The van der Waals surface area contributed by atoms with Crippen molar-refractivity contribution in [2.45, 2.75) is 13.0 Å². The van der Waals surface area contributed by atoms with Gasteiger partial charge in [0.1, 0.15) is 10.6 Å². The molecule has 30 heavy (non-hydrogen) atoms. The van der Waals surface area contributed by atoms with E-state index in [2.05, 4.69) is 9.97 Å². The van der Waals surface area contributed by atoms with E-state index in [1.807, 2.05) is 35.7 Å².